The highest BCUT2D eigenvalue weighted by atomic mass is 19.1. The van der Waals surface area contributed by atoms with Crippen LogP contribution in [0.5, 0.6) is 5.75 Å². The van der Waals surface area contributed by atoms with E-state index in [0.717, 1.165) is 30.5 Å². The van der Waals surface area contributed by atoms with Crippen molar-refractivity contribution in [3.63, 3.8) is 0 Å². The molecule has 4 heteroatoms. The Hall–Kier alpha value is -2.17. The molecule has 2 aromatic carbocycles. The van der Waals surface area contributed by atoms with Crippen molar-refractivity contribution >= 4 is 0 Å². The lowest BCUT2D eigenvalue weighted by Gasteiger charge is -2.56. The second kappa shape index (κ2) is 5.91. The lowest BCUT2D eigenvalue weighted by Crippen LogP contribution is -2.65. The topological polar surface area (TPSA) is 21.7 Å². The number of likely N-dealkylation sites (tertiary alicyclic amines) is 1. The van der Waals surface area contributed by atoms with Gasteiger partial charge in [0.25, 0.3) is 0 Å². The number of nitrogens with zero attached hydrogens (tertiary/aromatic N) is 1. The van der Waals surface area contributed by atoms with Gasteiger partial charge in [-0.2, -0.15) is 0 Å². The average Bonchev–Trinajstić information content (AvgIpc) is 3.07. The fourth-order valence-corrected chi connectivity index (χ4v) is 6.11. The van der Waals surface area contributed by atoms with Gasteiger partial charge < -0.3 is 14.4 Å². The quantitative estimate of drug-likeness (QED) is 0.759. The Morgan fingerprint density at radius 3 is 2.89 bits per heavy atom. The number of halogens is 1. The van der Waals surface area contributed by atoms with Crippen LogP contribution in [0.1, 0.15) is 23.1 Å². The monoisotopic (exact) mass is 377 g/mol. The van der Waals surface area contributed by atoms with Gasteiger partial charge in [0.1, 0.15) is 12.2 Å². The van der Waals surface area contributed by atoms with E-state index in [-0.39, 0.29) is 23.4 Å². The smallest absolute Gasteiger partial charge is 0.165 e. The van der Waals surface area contributed by atoms with E-state index in [0.29, 0.717) is 24.3 Å². The summed E-state index contributed by atoms with van der Waals surface area (Å²) in [6, 6.07) is 14.2. The third-order valence-electron chi connectivity index (χ3n) is 7.39. The van der Waals surface area contributed by atoms with Gasteiger partial charge in [-0.05, 0) is 43.6 Å². The minimum absolute atomic E-state index is 0.159. The van der Waals surface area contributed by atoms with Crippen LogP contribution in [0.2, 0.25) is 0 Å². The van der Waals surface area contributed by atoms with Crippen molar-refractivity contribution in [3.05, 3.63) is 77.1 Å². The molecule has 5 atom stereocenters. The van der Waals surface area contributed by atoms with Crippen LogP contribution < -0.4 is 4.74 Å². The van der Waals surface area contributed by atoms with E-state index in [1.54, 1.807) is 6.07 Å². The molecule has 0 radical (unpaired) electrons. The van der Waals surface area contributed by atoms with E-state index in [1.807, 2.05) is 24.3 Å². The van der Waals surface area contributed by atoms with Gasteiger partial charge in [-0.3, -0.25) is 0 Å². The molecule has 0 amide bonds. The zero-order valence-corrected chi connectivity index (χ0v) is 16.0. The van der Waals surface area contributed by atoms with Crippen LogP contribution in [0.15, 0.2) is 54.6 Å². The standard InChI is InChI=1S/C24H24FNO2/c1-26-12-11-24-17-8-10-20(27-14-15-5-3-2-4-6-15)23(24)28-22-18(25)9-7-16(21(22)24)13-19(17)26/h2-10,17,19-20,23H,11-14H2,1H3/t17-,19+,20-,23-,24?/m0/s1. The summed E-state index contributed by atoms with van der Waals surface area (Å²) in [6.45, 7) is 1.54. The van der Waals surface area contributed by atoms with E-state index in [9.17, 15) is 4.39 Å². The highest BCUT2D eigenvalue weighted by Gasteiger charge is 2.64. The van der Waals surface area contributed by atoms with Gasteiger partial charge in [0, 0.05) is 22.9 Å². The maximum Gasteiger partial charge on any atom is 0.165 e. The molecule has 6 rings (SSSR count). The molecule has 1 fully saturated rings. The molecule has 0 aromatic heterocycles. The van der Waals surface area contributed by atoms with E-state index in [1.165, 1.54) is 5.56 Å². The number of rotatable bonds is 3. The summed E-state index contributed by atoms with van der Waals surface area (Å²) < 4.78 is 27.4. The zero-order valence-electron chi connectivity index (χ0n) is 16.0. The molecule has 144 valence electrons. The molecule has 2 bridgehead atoms. The van der Waals surface area contributed by atoms with Crippen molar-refractivity contribution in [1.29, 1.82) is 0 Å². The second-order valence-electron chi connectivity index (χ2n) is 8.66. The number of ether oxygens (including phenoxy) is 2. The second-order valence-corrected chi connectivity index (χ2v) is 8.66. The summed E-state index contributed by atoms with van der Waals surface area (Å²) in [7, 11) is 2.21. The van der Waals surface area contributed by atoms with Gasteiger partial charge in [-0.25, -0.2) is 4.39 Å². The predicted octanol–water partition coefficient (Wildman–Crippen LogP) is 3.86. The third-order valence-corrected chi connectivity index (χ3v) is 7.39. The first-order valence-electron chi connectivity index (χ1n) is 10.2. The lowest BCUT2D eigenvalue weighted by atomic mass is 9.53. The Labute approximate surface area is 164 Å². The van der Waals surface area contributed by atoms with E-state index in [2.05, 4.69) is 36.2 Å². The lowest BCUT2D eigenvalue weighted by molar-refractivity contribution is -0.0756. The predicted molar refractivity (Wildman–Crippen MR) is 105 cm³/mol. The maximum atomic E-state index is 14.7. The van der Waals surface area contributed by atoms with Crippen LogP contribution in [0.4, 0.5) is 4.39 Å². The molecular weight excluding hydrogens is 353 g/mol. The van der Waals surface area contributed by atoms with Crippen molar-refractivity contribution in [3.8, 4) is 5.75 Å². The molecule has 2 aromatic rings. The third kappa shape index (κ3) is 2.10. The largest absolute Gasteiger partial charge is 0.483 e. The Bertz CT molecular complexity index is 959. The van der Waals surface area contributed by atoms with Crippen LogP contribution in [0.3, 0.4) is 0 Å². The van der Waals surface area contributed by atoms with Gasteiger partial charge in [0.05, 0.1) is 6.61 Å². The first-order valence-corrected chi connectivity index (χ1v) is 10.2. The summed E-state index contributed by atoms with van der Waals surface area (Å²) in [5, 5.41) is 0. The first-order chi connectivity index (χ1) is 13.7. The van der Waals surface area contributed by atoms with Crippen molar-refractivity contribution in [2.24, 2.45) is 5.92 Å². The molecule has 0 N–H and O–H groups in total. The SMILES string of the molecule is CN1CCC23c4c5ccc(F)c4O[C@H]2[C@@H](OCc2ccccc2)C=C[C@H]3[C@H]1C5. The molecule has 1 spiro atoms. The van der Waals surface area contributed by atoms with E-state index < -0.39 is 0 Å². The van der Waals surface area contributed by atoms with E-state index in [4.69, 9.17) is 9.47 Å². The van der Waals surface area contributed by atoms with Crippen LogP contribution in [0.25, 0.3) is 0 Å². The minimum atomic E-state index is -0.236. The summed E-state index contributed by atoms with van der Waals surface area (Å²) in [5.41, 5.74) is 3.36. The molecular formula is C24H24FNO2. The molecule has 4 aliphatic rings. The zero-order chi connectivity index (χ0) is 18.9. The number of likely N-dealkylation sites (N-methyl/N-ethyl adjacent to an activating group) is 1. The maximum absolute atomic E-state index is 14.7. The normalized spacial score (nSPS) is 34.8. The fourth-order valence-electron chi connectivity index (χ4n) is 6.11. The summed E-state index contributed by atoms with van der Waals surface area (Å²) in [5.74, 6) is 0.594. The van der Waals surface area contributed by atoms with Gasteiger partial charge in [0.15, 0.2) is 11.6 Å². The molecule has 1 saturated heterocycles. The number of piperidine rings is 1. The molecule has 2 aliphatic carbocycles. The molecule has 2 aliphatic heterocycles. The molecule has 2 heterocycles. The molecule has 28 heavy (non-hydrogen) atoms. The fraction of sp³-hybridized carbons (Fsp3) is 0.417. The first kappa shape index (κ1) is 16.8. The number of hydrogen-bond donors (Lipinski definition) is 0. The Balaban J connectivity index is 1.43. The molecule has 0 saturated carbocycles. The van der Waals surface area contributed by atoms with Gasteiger partial charge in [-0.15, -0.1) is 0 Å². The van der Waals surface area contributed by atoms with Crippen molar-refractivity contribution < 1.29 is 13.9 Å². The Morgan fingerprint density at radius 1 is 1.18 bits per heavy atom. The van der Waals surface area contributed by atoms with Crippen LogP contribution in [0, 0.1) is 11.7 Å². The minimum Gasteiger partial charge on any atom is -0.483 e. The summed E-state index contributed by atoms with van der Waals surface area (Å²) in [6.07, 6.45) is 6.11. The highest BCUT2D eigenvalue weighted by molar-refractivity contribution is 5.57. The number of benzene rings is 2. The van der Waals surface area contributed by atoms with Crippen molar-refractivity contribution in [2.75, 3.05) is 13.6 Å². The molecule has 1 unspecified atom stereocenters. The Kier molecular flexibility index (Phi) is 3.54. The van der Waals surface area contributed by atoms with Crippen LogP contribution >= 0.6 is 0 Å². The molecule has 3 nitrogen and oxygen atoms in total. The summed E-state index contributed by atoms with van der Waals surface area (Å²) >= 11 is 0. The van der Waals surface area contributed by atoms with Crippen LogP contribution in [-0.4, -0.2) is 36.7 Å². The van der Waals surface area contributed by atoms with Crippen LogP contribution in [-0.2, 0) is 23.2 Å². The Morgan fingerprint density at radius 2 is 2.04 bits per heavy atom. The summed E-state index contributed by atoms with van der Waals surface area (Å²) in [4.78, 5) is 2.47. The highest BCUT2D eigenvalue weighted by Crippen LogP contribution is 2.61. The van der Waals surface area contributed by atoms with Gasteiger partial charge >= 0.3 is 0 Å². The van der Waals surface area contributed by atoms with Gasteiger partial charge in [-0.1, -0.05) is 48.6 Å². The van der Waals surface area contributed by atoms with E-state index >= 15 is 0 Å². The van der Waals surface area contributed by atoms with Crippen molar-refractivity contribution in [1.82, 2.24) is 4.90 Å². The number of hydrogen-bond acceptors (Lipinski definition) is 3. The average molecular weight is 377 g/mol. The van der Waals surface area contributed by atoms with Gasteiger partial charge in [0.2, 0.25) is 0 Å². The van der Waals surface area contributed by atoms with Crippen molar-refractivity contribution in [2.45, 2.75) is 43.1 Å².